The van der Waals surface area contributed by atoms with E-state index in [4.69, 9.17) is 0 Å². The lowest BCUT2D eigenvalue weighted by atomic mass is 10.0. The molecular weight excluding hydrogens is 371 g/mol. The first-order chi connectivity index (χ1) is 13.2. The number of benzene rings is 1. The molecule has 0 fully saturated rings. The molecule has 0 heterocycles. The normalized spacial score (nSPS) is 13.6. The fraction of sp³-hybridized carbons (Fsp3) is 0.474. The molecule has 9 heteroatoms. The van der Waals surface area contributed by atoms with Crippen LogP contribution >= 0.6 is 0 Å². The van der Waals surface area contributed by atoms with Crippen molar-refractivity contribution in [2.24, 2.45) is 5.92 Å². The van der Waals surface area contributed by atoms with Gasteiger partial charge in [-0.2, -0.15) is 0 Å². The van der Waals surface area contributed by atoms with Crippen LogP contribution in [0.4, 0.5) is 4.39 Å². The number of hydrogen-bond donors (Lipinski definition) is 2. The minimum absolute atomic E-state index is 0.0175. The number of nitrogens with one attached hydrogen (secondary N) is 2. The average Bonchev–Trinajstić information content (AvgIpc) is 2.65. The first kappa shape index (κ1) is 23.1. The Morgan fingerprint density at radius 3 is 2.21 bits per heavy atom. The van der Waals surface area contributed by atoms with Crippen LogP contribution in [0.2, 0.25) is 0 Å². The van der Waals surface area contributed by atoms with E-state index < -0.39 is 47.6 Å². The molecule has 1 aromatic carbocycles. The molecule has 154 valence electrons. The van der Waals surface area contributed by atoms with Crippen molar-refractivity contribution in [2.75, 3.05) is 14.2 Å². The van der Waals surface area contributed by atoms with E-state index in [9.17, 15) is 23.6 Å². The second-order valence-electron chi connectivity index (χ2n) is 6.33. The van der Waals surface area contributed by atoms with Crippen LogP contribution in [0.5, 0.6) is 0 Å². The second kappa shape index (κ2) is 11.0. The standard InChI is InChI=1S/C19H25FN2O6/c1-11(18(25)27-3)8-16(19(26)28-4)22-17(24)15(21-12(2)23)10-13-6-5-7-14(20)9-13/h5-7,9,11,15-16H,8,10H2,1-4H3,(H,21,23)(H,22,24)/t11-,15+,16-/m1/s1. The smallest absolute Gasteiger partial charge is 0.328 e. The van der Waals surface area contributed by atoms with E-state index in [0.29, 0.717) is 5.56 Å². The lowest BCUT2D eigenvalue weighted by Gasteiger charge is -2.23. The molecule has 0 radical (unpaired) electrons. The molecule has 8 nitrogen and oxygen atoms in total. The molecule has 0 spiro atoms. The van der Waals surface area contributed by atoms with Gasteiger partial charge in [0.05, 0.1) is 20.1 Å². The Kier molecular flexibility index (Phi) is 9.07. The summed E-state index contributed by atoms with van der Waals surface area (Å²) in [5.41, 5.74) is 0.492. The first-order valence-corrected chi connectivity index (χ1v) is 8.65. The van der Waals surface area contributed by atoms with E-state index in [2.05, 4.69) is 20.1 Å². The lowest BCUT2D eigenvalue weighted by Crippen LogP contribution is -2.53. The van der Waals surface area contributed by atoms with Gasteiger partial charge in [0.1, 0.15) is 17.9 Å². The summed E-state index contributed by atoms with van der Waals surface area (Å²) >= 11 is 0. The van der Waals surface area contributed by atoms with Crippen molar-refractivity contribution in [1.29, 1.82) is 0 Å². The van der Waals surface area contributed by atoms with Crippen LogP contribution in [-0.2, 0) is 35.1 Å². The van der Waals surface area contributed by atoms with Crippen molar-refractivity contribution >= 4 is 23.8 Å². The molecule has 0 aliphatic rings. The summed E-state index contributed by atoms with van der Waals surface area (Å²) < 4.78 is 22.7. The predicted molar refractivity (Wildman–Crippen MR) is 97.5 cm³/mol. The first-order valence-electron chi connectivity index (χ1n) is 8.65. The van der Waals surface area contributed by atoms with Gasteiger partial charge in [0, 0.05) is 13.3 Å². The van der Waals surface area contributed by atoms with Gasteiger partial charge in [-0.3, -0.25) is 14.4 Å². The van der Waals surface area contributed by atoms with Crippen LogP contribution < -0.4 is 10.6 Å². The van der Waals surface area contributed by atoms with Gasteiger partial charge in [-0.1, -0.05) is 19.1 Å². The summed E-state index contributed by atoms with van der Waals surface area (Å²) in [5, 5.41) is 4.97. The summed E-state index contributed by atoms with van der Waals surface area (Å²) in [7, 11) is 2.37. The van der Waals surface area contributed by atoms with Gasteiger partial charge in [0.2, 0.25) is 11.8 Å². The van der Waals surface area contributed by atoms with Gasteiger partial charge < -0.3 is 20.1 Å². The summed E-state index contributed by atoms with van der Waals surface area (Å²) in [6.07, 6.45) is -0.0263. The fourth-order valence-electron chi connectivity index (χ4n) is 2.63. The van der Waals surface area contributed by atoms with E-state index in [1.807, 2.05) is 0 Å². The Labute approximate surface area is 162 Å². The summed E-state index contributed by atoms with van der Waals surface area (Å²) in [6, 6.07) is 3.46. The van der Waals surface area contributed by atoms with Gasteiger partial charge in [-0.05, 0) is 24.1 Å². The average molecular weight is 396 g/mol. The van der Waals surface area contributed by atoms with Crippen LogP contribution in [0.1, 0.15) is 25.8 Å². The molecule has 0 saturated carbocycles. The van der Waals surface area contributed by atoms with Crippen LogP contribution in [-0.4, -0.2) is 50.1 Å². The Bertz CT molecular complexity index is 724. The van der Waals surface area contributed by atoms with Crippen molar-refractivity contribution in [3.8, 4) is 0 Å². The monoisotopic (exact) mass is 396 g/mol. The van der Waals surface area contributed by atoms with Gasteiger partial charge in [0.15, 0.2) is 0 Å². The second-order valence-corrected chi connectivity index (χ2v) is 6.33. The zero-order valence-electron chi connectivity index (χ0n) is 16.3. The maximum atomic E-state index is 13.4. The zero-order chi connectivity index (χ0) is 21.3. The molecule has 0 aliphatic heterocycles. The van der Waals surface area contributed by atoms with Gasteiger partial charge in [-0.25, -0.2) is 9.18 Å². The van der Waals surface area contributed by atoms with E-state index in [1.165, 1.54) is 32.2 Å². The molecule has 0 saturated heterocycles. The number of rotatable bonds is 9. The van der Waals surface area contributed by atoms with Crippen molar-refractivity contribution in [3.63, 3.8) is 0 Å². The van der Waals surface area contributed by atoms with Crippen LogP contribution in [0.3, 0.4) is 0 Å². The third kappa shape index (κ3) is 7.34. The Morgan fingerprint density at radius 2 is 1.68 bits per heavy atom. The number of carbonyl (C=O) groups is 4. The molecule has 28 heavy (non-hydrogen) atoms. The Hall–Kier alpha value is -2.97. The van der Waals surface area contributed by atoms with Crippen molar-refractivity contribution in [2.45, 2.75) is 38.8 Å². The highest BCUT2D eigenvalue weighted by molar-refractivity contribution is 5.90. The molecule has 2 amide bonds. The lowest BCUT2D eigenvalue weighted by molar-refractivity contribution is -0.149. The van der Waals surface area contributed by atoms with Crippen molar-refractivity contribution < 1.29 is 33.0 Å². The number of carbonyl (C=O) groups excluding carboxylic acids is 4. The molecule has 1 aromatic rings. The molecule has 3 atom stereocenters. The largest absolute Gasteiger partial charge is 0.469 e. The summed E-state index contributed by atoms with van der Waals surface area (Å²) in [4.78, 5) is 47.8. The van der Waals surface area contributed by atoms with Crippen LogP contribution in [0, 0.1) is 11.7 Å². The number of halogens is 1. The van der Waals surface area contributed by atoms with Crippen LogP contribution in [0.25, 0.3) is 0 Å². The third-order valence-electron chi connectivity index (χ3n) is 4.02. The maximum absolute atomic E-state index is 13.4. The molecule has 0 aliphatic carbocycles. The molecule has 0 aromatic heterocycles. The Morgan fingerprint density at radius 1 is 1.04 bits per heavy atom. The van der Waals surface area contributed by atoms with Gasteiger partial charge in [0.25, 0.3) is 0 Å². The van der Waals surface area contributed by atoms with Gasteiger partial charge in [-0.15, -0.1) is 0 Å². The summed E-state index contributed by atoms with van der Waals surface area (Å²) in [6.45, 7) is 2.79. The Balaban J connectivity index is 2.95. The maximum Gasteiger partial charge on any atom is 0.328 e. The molecule has 0 unspecified atom stereocenters. The zero-order valence-corrected chi connectivity index (χ0v) is 16.3. The SMILES string of the molecule is COC(=O)[C@H](C)C[C@@H](NC(=O)[C@H](Cc1cccc(F)c1)NC(C)=O)C(=O)OC. The third-order valence-corrected chi connectivity index (χ3v) is 4.02. The van der Waals surface area contributed by atoms with E-state index >= 15 is 0 Å². The number of hydrogen-bond acceptors (Lipinski definition) is 6. The van der Waals surface area contributed by atoms with Crippen LogP contribution in [0.15, 0.2) is 24.3 Å². The highest BCUT2D eigenvalue weighted by Gasteiger charge is 2.30. The minimum Gasteiger partial charge on any atom is -0.469 e. The van der Waals surface area contributed by atoms with E-state index in [-0.39, 0.29) is 12.8 Å². The minimum atomic E-state index is -1.12. The van der Waals surface area contributed by atoms with Gasteiger partial charge >= 0.3 is 11.9 Å². The molecular formula is C19H25FN2O6. The highest BCUT2D eigenvalue weighted by Crippen LogP contribution is 2.11. The highest BCUT2D eigenvalue weighted by atomic mass is 19.1. The topological polar surface area (TPSA) is 111 Å². The summed E-state index contributed by atoms with van der Waals surface area (Å²) in [5.74, 6) is -3.55. The fourth-order valence-corrected chi connectivity index (χ4v) is 2.63. The predicted octanol–water partition coefficient (Wildman–Crippen LogP) is 0.730. The van der Waals surface area contributed by atoms with Crippen molar-refractivity contribution in [3.05, 3.63) is 35.6 Å². The number of esters is 2. The van der Waals surface area contributed by atoms with E-state index in [0.717, 1.165) is 7.11 Å². The molecule has 1 rings (SSSR count). The molecule has 0 bridgehead atoms. The molecule has 2 N–H and O–H groups in total. The number of methoxy groups -OCH3 is 2. The number of amides is 2. The van der Waals surface area contributed by atoms with E-state index in [1.54, 1.807) is 13.0 Å². The quantitative estimate of drug-likeness (QED) is 0.596. The number of ether oxygens (including phenoxy) is 2. The van der Waals surface area contributed by atoms with Crippen molar-refractivity contribution in [1.82, 2.24) is 10.6 Å².